The largest absolute Gasteiger partial charge is 0.322 e. The molecule has 2 fully saturated rings. The number of benzene rings is 2. The number of nitrogens with zero attached hydrogens (tertiary/aromatic N) is 4. The SMILES string of the molecule is CN(Cc1ccc(Cl)c(Cl)c1)C1CN(C(=O)N2CCN(S(C)(=O)=O)CC2)CC1c1ccc(Cl)c(Cl)c1. The van der Waals surface area contributed by atoms with Gasteiger partial charge in [0, 0.05) is 57.8 Å². The molecule has 36 heavy (non-hydrogen) atoms. The molecular weight excluding hydrogens is 566 g/mol. The third kappa shape index (κ3) is 6.23. The average Bonchev–Trinajstić information content (AvgIpc) is 3.28. The van der Waals surface area contributed by atoms with Crippen LogP contribution in [0, 0.1) is 0 Å². The molecule has 2 aliphatic rings. The number of rotatable bonds is 5. The van der Waals surface area contributed by atoms with Crippen LogP contribution in [-0.4, -0.2) is 92.1 Å². The fraction of sp³-hybridized carbons (Fsp3) is 0.458. The number of amides is 2. The van der Waals surface area contributed by atoms with Crippen LogP contribution in [0.1, 0.15) is 17.0 Å². The smallest absolute Gasteiger partial charge is 0.320 e. The number of carbonyl (C=O) groups is 1. The van der Waals surface area contributed by atoms with Gasteiger partial charge in [0.2, 0.25) is 10.0 Å². The van der Waals surface area contributed by atoms with Crippen molar-refractivity contribution < 1.29 is 13.2 Å². The van der Waals surface area contributed by atoms with Crippen molar-refractivity contribution >= 4 is 62.5 Å². The van der Waals surface area contributed by atoms with Crippen molar-refractivity contribution in [3.05, 3.63) is 67.6 Å². The Hall–Kier alpha value is -1.26. The summed E-state index contributed by atoms with van der Waals surface area (Å²) in [6.07, 6.45) is 1.20. The molecule has 196 valence electrons. The fourth-order valence-corrected chi connectivity index (χ4v) is 6.37. The molecule has 2 atom stereocenters. The van der Waals surface area contributed by atoms with Gasteiger partial charge in [0.25, 0.3) is 0 Å². The first-order valence-electron chi connectivity index (χ1n) is 11.5. The Morgan fingerprint density at radius 3 is 2.08 bits per heavy atom. The van der Waals surface area contributed by atoms with Crippen LogP contribution in [-0.2, 0) is 16.6 Å². The molecule has 2 saturated heterocycles. The number of halogens is 4. The summed E-state index contributed by atoms with van der Waals surface area (Å²) in [7, 11) is -1.24. The van der Waals surface area contributed by atoms with Crippen molar-refractivity contribution in [3.63, 3.8) is 0 Å². The van der Waals surface area contributed by atoms with Crippen LogP contribution in [0.25, 0.3) is 0 Å². The van der Waals surface area contributed by atoms with Gasteiger partial charge in [-0.3, -0.25) is 4.90 Å². The lowest BCUT2D eigenvalue weighted by Gasteiger charge is -2.35. The number of likely N-dealkylation sites (tertiary alicyclic amines) is 1. The van der Waals surface area contributed by atoms with Gasteiger partial charge in [0.1, 0.15) is 0 Å². The third-order valence-electron chi connectivity index (χ3n) is 6.89. The second-order valence-electron chi connectivity index (χ2n) is 9.35. The highest BCUT2D eigenvalue weighted by atomic mass is 35.5. The van der Waals surface area contributed by atoms with Crippen LogP contribution >= 0.6 is 46.4 Å². The summed E-state index contributed by atoms with van der Waals surface area (Å²) >= 11 is 24.8. The van der Waals surface area contributed by atoms with E-state index < -0.39 is 10.0 Å². The quantitative estimate of drug-likeness (QED) is 0.495. The fourth-order valence-electron chi connectivity index (χ4n) is 4.91. The molecule has 2 aliphatic heterocycles. The van der Waals surface area contributed by atoms with Gasteiger partial charge in [0.15, 0.2) is 0 Å². The summed E-state index contributed by atoms with van der Waals surface area (Å²) in [5, 5.41) is 1.96. The zero-order chi connectivity index (χ0) is 26.2. The van der Waals surface area contributed by atoms with Gasteiger partial charge in [0.05, 0.1) is 26.3 Å². The number of sulfonamides is 1. The Bertz CT molecular complexity index is 1240. The molecular formula is C24H28Cl4N4O3S. The van der Waals surface area contributed by atoms with E-state index in [0.29, 0.717) is 65.9 Å². The first kappa shape index (κ1) is 27.8. The van der Waals surface area contributed by atoms with Crippen LogP contribution in [0.4, 0.5) is 4.79 Å². The lowest BCUT2D eigenvalue weighted by atomic mass is 9.93. The Kier molecular flexibility index (Phi) is 8.66. The number of piperazine rings is 1. The maximum atomic E-state index is 13.4. The Morgan fingerprint density at radius 2 is 1.50 bits per heavy atom. The molecule has 0 saturated carbocycles. The Morgan fingerprint density at radius 1 is 0.889 bits per heavy atom. The standard InChI is InChI=1S/C24H28Cl4N4O3S/c1-29(13-16-3-5-19(25)21(27)11-16)23-15-31(14-18(23)17-4-6-20(26)22(28)12-17)24(33)30-7-9-32(10-8-30)36(2,34)35/h3-6,11-12,18,23H,7-10,13-15H2,1-2H3. The van der Waals surface area contributed by atoms with Gasteiger partial charge in [-0.15, -0.1) is 0 Å². The molecule has 12 heteroatoms. The van der Waals surface area contributed by atoms with Gasteiger partial charge in [-0.1, -0.05) is 58.5 Å². The van der Waals surface area contributed by atoms with E-state index >= 15 is 0 Å². The molecule has 2 amide bonds. The normalized spacial score (nSPS) is 21.4. The molecule has 2 aromatic rings. The minimum atomic E-state index is -3.27. The maximum absolute atomic E-state index is 13.4. The lowest BCUT2D eigenvalue weighted by molar-refractivity contribution is 0.138. The third-order valence-corrected chi connectivity index (χ3v) is 9.67. The lowest BCUT2D eigenvalue weighted by Crippen LogP contribution is -2.53. The minimum Gasteiger partial charge on any atom is -0.322 e. The van der Waals surface area contributed by atoms with E-state index in [-0.39, 0.29) is 18.0 Å². The molecule has 0 aromatic heterocycles. The monoisotopic (exact) mass is 592 g/mol. The van der Waals surface area contributed by atoms with Crippen molar-refractivity contribution in [3.8, 4) is 0 Å². The van der Waals surface area contributed by atoms with E-state index in [1.54, 1.807) is 17.0 Å². The molecule has 2 aromatic carbocycles. The van der Waals surface area contributed by atoms with Gasteiger partial charge < -0.3 is 9.80 Å². The number of hydrogen-bond acceptors (Lipinski definition) is 4. The molecule has 0 N–H and O–H groups in total. The molecule has 0 aliphatic carbocycles. The van der Waals surface area contributed by atoms with Gasteiger partial charge in [-0.2, -0.15) is 4.31 Å². The van der Waals surface area contributed by atoms with Gasteiger partial charge in [-0.05, 0) is 42.4 Å². The van der Waals surface area contributed by atoms with E-state index in [1.165, 1.54) is 10.6 Å². The van der Waals surface area contributed by atoms with Crippen LogP contribution in [0.5, 0.6) is 0 Å². The van der Waals surface area contributed by atoms with Crippen molar-refractivity contribution in [2.24, 2.45) is 0 Å². The molecule has 0 radical (unpaired) electrons. The Balaban J connectivity index is 1.53. The highest BCUT2D eigenvalue weighted by Crippen LogP contribution is 2.35. The zero-order valence-electron chi connectivity index (χ0n) is 20.0. The van der Waals surface area contributed by atoms with E-state index in [4.69, 9.17) is 46.4 Å². The number of likely N-dealkylation sites (N-methyl/N-ethyl adjacent to an activating group) is 1. The number of urea groups is 1. The summed E-state index contributed by atoms with van der Waals surface area (Å²) in [5.74, 6) is 0.00815. The number of hydrogen-bond donors (Lipinski definition) is 0. The second kappa shape index (κ2) is 11.2. The van der Waals surface area contributed by atoms with Crippen molar-refractivity contribution in [2.45, 2.75) is 18.5 Å². The topological polar surface area (TPSA) is 64.2 Å². The van der Waals surface area contributed by atoms with Crippen LogP contribution < -0.4 is 0 Å². The summed E-state index contributed by atoms with van der Waals surface area (Å²) in [6.45, 7) is 2.99. The van der Waals surface area contributed by atoms with E-state index in [2.05, 4.69) is 4.90 Å². The van der Waals surface area contributed by atoms with Crippen LogP contribution in [0.15, 0.2) is 36.4 Å². The Labute approximate surface area is 232 Å². The highest BCUT2D eigenvalue weighted by Gasteiger charge is 2.40. The molecule has 2 heterocycles. The second-order valence-corrected chi connectivity index (χ2v) is 13.0. The van der Waals surface area contributed by atoms with Crippen molar-refractivity contribution in [2.75, 3.05) is 52.6 Å². The predicted octanol–water partition coefficient (Wildman–Crippen LogP) is 4.90. The first-order valence-corrected chi connectivity index (χ1v) is 14.9. The molecule has 7 nitrogen and oxygen atoms in total. The van der Waals surface area contributed by atoms with E-state index in [1.807, 2.05) is 36.2 Å². The van der Waals surface area contributed by atoms with Crippen LogP contribution in [0.3, 0.4) is 0 Å². The van der Waals surface area contributed by atoms with Crippen molar-refractivity contribution in [1.29, 1.82) is 0 Å². The summed E-state index contributed by atoms with van der Waals surface area (Å²) < 4.78 is 25.1. The van der Waals surface area contributed by atoms with E-state index in [9.17, 15) is 13.2 Å². The summed E-state index contributed by atoms with van der Waals surface area (Å²) in [4.78, 5) is 19.2. The van der Waals surface area contributed by atoms with E-state index in [0.717, 1.165) is 11.1 Å². The summed E-state index contributed by atoms with van der Waals surface area (Å²) in [5.41, 5.74) is 2.02. The zero-order valence-corrected chi connectivity index (χ0v) is 23.8. The first-order chi connectivity index (χ1) is 16.9. The average molecular weight is 594 g/mol. The maximum Gasteiger partial charge on any atom is 0.320 e. The molecule has 4 rings (SSSR count). The number of carbonyl (C=O) groups excluding carboxylic acids is 1. The molecule has 2 unspecified atom stereocenters. The van der Waals surface area contributed by atoms with Crippen LogP contribution in [0.2, 0.25) is 20.1 Å². The van der Waals surface area contributed by atoms with Crippen molar-refractivity contribution in [1.82, 2.24) is 19.0 Å². The predicted molar refractivity (Wildman–Crippen MR) is 146 cm³/mol. The minimum absolute atomic E-state index is 0.00815. The molecule has 0 spiro atoms. The van der Waals surface area contributed by atoms with Gasteiger partial charge in [-0.25, -0.2) is 13.2 Å². The summed E-state index contributed by atoms with van der Waals surface area (Å²) in [6, 6.07) is 11.1. The molecule has 0 bridgehead atoms. The van der Waals surface area contributed by atoms with Gasteiger partial charge >= 0.3 is 6.03 Å². The highest BCUT2D eigenvalue weighted by molar-refractivity contribution is 7.88.